The summed E-state index contributed by atoms with van der Waals surface area (Å²) < 4.78 is 27.7. The molecule has 6 rings (SSSR count). The number of likely N-dealkylation sites (tertiary alicyclic amines) is 1. The van der Waals surface area contributed by atoms with E-state index in [0.717, 1.165) is 50.5 Å². The molecule has 0 amide bonds. The number of nitrogens with zero attached hydrogens (tertiary/aromatic N) is 2. The van der Waals surface area contributed by atoms with Gasteiger partial charge in [-0.15, -0.1) is 0 Å². The number of Topliss-reactive ketones (excluding diaryl/α,β-unsaturated/α-hetero) is 1. The summed E-state index contributed by atoms with van der Waals surface area (Å²) in [6.07, 6.45) is 10.5. The third-order valence-electron chi connectivity index (χ3n) is 13.5. The van der Waals surface area contributed by atoms with Gasteiger partial charge in [0.15, 0.2) is 11.6 Å². The molecule has 40 heavy (non-hydrogen) atoms. The third kappa shape index (κ3) is 3.55. The summed E-state index contributed by atoms with van der Waals surface area (Å²) in [5, 5.41) is 0. The fraction of sp³-hybridized carbons (Fsp3) is 0.794. The number of rotatable bonds is 2. The highest BCUT2D eigenvalue weighted by Crippen LogP contribution is 2.74. The van der Waals surface area contributed by atoms with Crippen LogP contribution in [0, 0.1) is 56.8 Å². The van der Waals surface area contributed by atoms with Crippen LogP contribution in [-0.4, -0.2) is 42.0 Å². The van der Waals surface area contributed by atoms with Crippen LogP contribution in [0.5, 0.6) is 0 Å². The van der Waals surface area contributed by atoms with Crippen molar-refractivity contribution in [2.45, 2.75) is 99.3 Å². The van der Waals surface area contributed by atoms with Crippen LogP contribution in [-0.2, 0) is 9.59 Å². The minimum Gasteiger partial charge on any atom is -0.307 e. The molecular formula is C34H46F2N2O2. The van der Waals surface area contributed by atoms with E-state index in [-0.39, 0.29) is 69.8 Å². The van der Waals surface area contributed by atoms with Crippen LogP contribution in [0.25, 0.3) is 4.85 Å². The number of halogens is 2. The van der Waals surface area contributed by atoms with Crippen LogP contribution in [0.1, 0.15) is 93.4 Å². The van der Waals surface area contributed by atoms with Crippen molar-refractivity contribution >= 4 is 11.6 Å². The van der Waals surface area contributed by atoms with Crippen LogP contribution >= 0.6 is 0 Å². The van der Waals surface area contributed by atoms with Gasteiger partial charge in [-0.1, -0.05) is 60.1 Å². The fourth-order valence-electron chi connectivity index (χ4n) is 11.1. The molecule has 0 N–H and O–H groups in total. The summed E-state index contributed by atoms with van der Waals surface area (Å²) in [7, 11) is 0. The smallest absolute Gasteiger partial charge is 0.272 e. The second kappa shape index (κ2) is 8.15. The Morgan fingerprint density at radius 1 is 0.975 bits per heavy atom. The first-order chi connectivity index (χ1) is 18.3. The Kier molecular flexibility index (Phi) is 5.76. The average Bonchev–Trinajstić information content (AvgIpc) is 2.82. The van der Waals surface area contributed by atoms with Gasteiger partial charge in [0.2, 0.25) is 5.70 Å². The molecule has 1 saturated heterocycles. The van der Waals surface area contributed by atoms with E-state index in [4.69, 9.17) is 6.57 Å². The van der Waals surface area contributed by atoms with Crippen molar-refractivity contribution in [2.75, 3.05) is 19.6 Å². The summed E-state index contributed by atoms with van der Waals surface area (Å²) in [5.41, 5.74) is -0.373. The lowest BCUT2D eigenvalue weighted by Gasteiger charge is -2.70. The number of fused-ring (bicyclic) bond motifs is 7. The van der Waals surface area contributed by atoms with E-state index < -0.39 is 16.8 Å². The van der Waals surface area contributed by atoms with Gasteiger partial charge >= 0.3 is 0 Å². The van der Waals surface area contributed by atoms with Gasteiger partial charge in [-0.05, 0) is 84.5 Å². The summed E-state index contributed by atoms with van der Waals surface area (Å²) >= 11 is 0. The molecular weight excluding hydrogens is 506 g/mol. The highest BCUT2D eigenvalue weighted by molar-refractivity contribution is 6.03. The molecule has 0 radical (unpaired) electrons. The van der Waals surface area contributed by atoms with E-state index in [1.807, 2.05) is 30.9 Å². The molecule has 5 aliphatic carbocycles. The highest BCUT2D eigenvalue weighted by Gasteiger charge is 2.70. The molecule has 6 aliphatic rings. The lowest BCUT2D eigenvalue weighted by molar-refractivity contribution is -0.192. The molecule has 1 heterocycles. The first kappa shape index (κ1) is 28.3. The second-order valence-corrected chi connectivity index (χ2v) is 16.6. The number of carbonyl (C=O) groups is 2. The molecule has 0 aromatic carbocycles. The molecule has 1 aliphatic heterocycles. The quantitative estimate of drug-likeness (QED) is 0.333. The minimum absolute atomic E-state index is 0.0367. The lowest BCUT2D eigenvalue weighted by atomic mass is 9.34. The Hall–Kier alpha value is -1.87. The zero-order chi connectivity index (χ0) is 29.3. The minimum atomic E-state index is -2.59. The molecule has 0 aromatic heterocycles. The Balaban J connectivity index is 1.46. The van der Waals surface area contributed by atoms with Crippen molar-refractivity contribution in [1.82, 2.24) is 4.90 Å². The third-order valence-corrected chi connectivity index (χ3v) is 13.5. The average molecular weight is 553 g/mol. The fourth-order valence-corrected chi connectivity index (χ4v) is 11.1. The van der Waals surface area contributed by atoms with Crippen molar-refractivity contribution < 1.29 is 18.4 Å². The lowest BCUT2D eigenvalue weighted by Crippen LogP contribution is -2.67. The van der Waals surface area contributed by atoms with Gasteiger partial charge in [0.1, 0.15) is 0 Å². The molecule has 4 nitrogen and oxygen atoms in total. The summed E-state index contributed by atoms with van der Waals surface area (Å²) in [5.74, 6) is -2.42. The van der Waals surface area contributed by atoms with Crippen molar-refractivity contribution in [3.05, 3.63) is 34.8 Å². The number of hydrogen-bond acceptors (Lipinski definition) is 3. The first-order valence-corrected chi connectivity index (χ1v) is 15.4. The predicted octanol–water partition coefficient (Wildman–Crippen LogP) is 7.51. The monoisotopic (exact) mass is 552 g/mol. The molecule has 218 valence electrons. The maximum absolute atomic E-state index is 14.5. The molecule has 7 atom stereocenters. The maximum atomic E-state index is 14.5. The number of allylic oxidation sites excluding steroid dienone is 4. The Labute approximate surface area is 238 Å². The highest BCUT2D eigenvalue weighted by atomic mass is 19.3. The maximum Gasteiger partial charge on any atom is 0.272 e. The van der Waals surface area contributed by atoms with E-state index in [1.54, 1.807) is 0 Å². The van der Waals surface area contributed by atoms with Gasteiger partial charge in [-0.25, -0.2) is 13.6 Å². The molecule has 0 unspecified atom stereocenters. The molecule has 0 spiro atoms. The number of carbonyl (C=O) groups excluding carboxylic acids is 2. The number of ketones is 2. The van der Waals surface area contributed by atoms with Gasteiger partial charge in [0.25, 0.3) is 5.92 Å². The van der Waals surface area contributed by atoms with E-state index in [2.05, 4.69) is 39.5 Å². The van der Waals surface area contributed by atoms with Crippen LogP contribution in [0.15, 0.2) is 23.4 Å². The Morgan fingerprint density at radius 3 is 2.25 bits per heavy atom. The molecule has 3 saturated carbocycles. The second-order valence-electron chi connectivity index (χ2n) is 16.6. The van der Waals surface area contributed by atoms with Gasteiger partial charge in [-0.2, -0.15) is 0 Å². The zero-order valence-electron chi connectivity index (χ0n) is 25.4. The van der Waals surface area contributed by atoms with E-state index in [1.165, 1.54) is 0 Å². The van der Waals surface area contributed by atoms with Crippen molar-refractivity contribution in [1.29, 1.82) is 0 Å². The van der Waals surface area contributed by atoms with Crippen LogP contribution in [0.3, 0.4) is 0 Å². The van der Waals surface area contributed by atoms with Gasteiger partial charge in [-0.3, -0.25) is 9.69 Å². The van der Waals surface area contributed by atoms with E-state index in [9.17, 15) is 18.4 Å². The molecule has 6 heteroatoms. The molecule has 0 bridgehead atoms. The normalized spacial score (nSPS) is 46.9. The van der Waals surface area contributed by atoms with Gasteiger partial charge in [0.05, 0.1) is 19.7 Å². The first-order valence-electron chi connectivity index (χ1n) is 15.4. The van der Waals surface area contributed by atoms with Crippen LogP contribution in [0.4, 0.5) is 8.78 Å². The predicted molar refractivity (Wildman–Crippen MR) is 151 cm³/mol. The SMILES string of the molecule is [C-]#[N+]C1=C[C@]2(C)C3=CC(=O)[C@@H]4[C@@H]5CC(C)(C)CC[C@]5(CN5CC(F)(F)C5)CC[C@@]4(C)[C@]3(C)CC[C@H]2C(C)(C)C1=O. The summed E-state index contributed by atoms with van der Waals surface area (Å²) in [4.78, 5) is 33.4. The van der Waals surface area contributed by atoms with Crippen LogP contribution < -0.4 is 0 Å². The number of alkyl halides is 2. The van der Waals surface area contributed by atoms with Crippen LogP contribution in [0.2, 0.25) is 0 Å². The molecule has 0 aromatic rings. The zero-order valence-corrected chi connectivity index (χ0v) is 25.4. The van der Waals surface area contributed by atoms with Gasteiger partial charge in [0, 0.05) is 23.3 Å². The largest absolute Gasteiger partial charge is 0.307 e. The standard InChI is InChI=1S/C34H46F2N2O2/c1-28(2)11-13-33(18-38-19-34(35,36)20-38)14-12-32(7)26(21(33)16-28)23(39)15-25-30(5)17-22(37-8)27(40)29(3,4)24(30)9-10-31(25,32)6/h15,17,21,24,26H,9-14,16,18-20H2,1-7H3/t21-,24-,26-,30-,31+,32+,33+/m0/s1. The summed E-state index contributed by atoms with van der Waals surface area (Å²) in [6, 6.07) is 0. The van der Waals surface area contributed by atoms with Gasteiger partial charge < -0.3 is 4.79 Å². The molecule has 4 fully saturated rings. The number of hydrogen-bond donors (Lipinski definition) is 0. The summed E-state index contributed by atoms with van der Waals surface area (Å²) in [6.45, 7) is 23.5. The van der Waals surface area contributed by atoms with Crippen molar-refractivity contribution in [3.63, 3.8) is 0 Å². The Morgan fingerprint density at radius 2 is 1.62 bits per heavy atom. The Bertz CT molecular complexity index is 1280. The van der Waals surface area contributed by atoms with E-state index in [0.29, 0.717) is 6.54 Å². The van der Waals surface area contributed by atoms with E-state index >= 15 is 0 Å². The van der Waals surface area contributed by atoms with Crippen molar-refractivity contribution in [3.8, 4) is 0 Å². The van der Waals surface area contributed by atoms with Crippen molar-refractivity contribution in [2.24, 2.45) is 50.2 Å². The topological polar surface area (TPSA) is 41.7 Å².